The molecule has 3 rings (SSSR count). The van der Waals surface area contributed by atoms with Gasteiger partial charge in [0.1, 0.15) is 17.2 Å². The highest BCUT2D eigenvalue weighted by Gasteiger charge is 2.38. The molecule has 1 aliphatic rings. The summed E-state index contributed by atoms with van der Waals surface area (Å²) in [6, 6.07) is 14.4. The summed E-state index contributed by atoms with van der Waals surface area (Å²) in [6.07, 6.45) is 0.581. The average Bonchev–Trinajstić information content (AvgIpc) is 3.02. The number of methoxy groups -OCH3 is 1. The van der Waals surface area contributed by atoms with Crippen molar-refractivity contribution >= 4 is 23.1 Å². The molecule has 1 aliphatic heterocycles. The summed E-state index contributed by atoms with van der Waals surface area (Å²) in [7, 11) is 1.58. The summed E-state index contributed by atoms with van der Waals surface area (Å²) in [6.45, 7) is 5.79. The fraction of sp³-hybridized carbons (Fsp3) is 0.333. The minimum Gasteiger partial charge on any atom is -0.497 e. The van der Waals surface area contributed by atoms with E-state index in [1.54, 1.807) is 31.4 Å². The van der Waals surface area contributed by atoms with Gasteiger partial charge in [-0.25, -0.2) is 0 Å². The predicted octanol–water partition coefficient (Wildman–Crippen LogP) is 3.71. The fourth-order valence-corrected chi connectivity index (χ4v) is 3.34. The van der Waals surface area contributed by atoms with Crippen LogP contribution >= 0.6 is 0 Å². The lowest BCUT2D eigenvalue weighted by Gasteiger charge is -2.15. The Labute approximate surface area is 182 Å². The Balaban J connectivity index is 1.90. The molecule has 31 heavy (non-hydrogen) atoms. The van der Waals surface area contributed by atoms with Gasteiger partial charge in [-0.15, -0.1) is 0 Å². The van der Waals surface area contributed by atoms with Crippen LogP contribution in [0.4, 0.5) is 5.69 Å². The molecule has 1 N–H and O–H groups in total. The first-order valence-corrected chi connectivity index (χ1v) is 10.4. The number of ether oxygens (including phenoxy) is 3. The van der Waals surface area contributed by atoms with E-state index in [9.17, 15) is 9.59 Å². The van der Waals surface area contributed by atoms with Crippen molar-refractivity contribution in [2.75, 3.05) is 38.8 Å². The maximum absolute atomic E-state index is 13.2. The first-order chi connectivity index (χ1) is 15.1. The number of hydrogen-bond acceptors (Lipinski definition) is 6. The van der Waals surface area contributed by atoms with E-state index in [0.717, 1.165) is 5.75 Å². The van der Waals surface area contributed by atoms with Gasteiger partial charge in [0, 0.05) is 25.4 Å². The summed E-state index contributed by atoms with van der Waals surface area (Å²) in [5.74, 6) is 0.751. The Morgan fingerprint density at radius 1 is 0.871 bits per heavy atom. The molecular weight excluding hydrogens is 396 g/mol. The second kappa shape index (κ2) is 10.6. The minimum atomic E-state index is -0.346. The van der Waals surface area contributed by atoms with E-state index in [-0.39, 0.29) is 17.5 Å². The monoisotopic (exact) mass is 424 g/mol. The Hall–Kier alpha value is -3.32. The zero-order chi connectivity index (χ0) is 22.2. The molecule has 0 radical (unpaired) electrons. The molecule has 2 aromatic rings. The normalized spacial score (nSPS) is 13.7. The Kier molecular flexibility index (Phi) is 7.67. The molecule has 1 heterocycles. The maximum Gasteiger partial charge on any atom is 0.278 e. The Morgan fingerprint density at radius 2 is 1.55 bits per heavy atom. The molecule has 0 fully saturated rings. The van der Waals surface area contributed by atoms with Gasteiger partial charge in [-0.2, -0.15) is 0 Å². The van der Waals surface area contributed by atoms with E-state index < -0.39 is 0 Å². The van der Waals surface area contributed by atoms with Crippen LogP contribution in [0.5, 0.6) is 11.5 Å². The van der Waals surface area contributed by atoms with Crippen LogP contribution in [0.2, 0.25) is 0 Å². The smallest absolute Gasteiger partial charge is 0.278 e. The van der Waals surface area contributed by atoms with Crippen molar-refractivity contribution in [3.63, 3.8) is 0 Å². The third-order valence-corrected chi connectivity index (χ3v) is 4.86. The third kappa shape index (κ3) is 5.24. The molecular formula is C24H28N2O5. The molecule has 0 spiro atoms. The molecule has 0 aliphatic carbocycles. The summed E-state index contributed by atoms with van der Waals surface area (Å²) in [5.41, 5.74) is 1.95. The number of nitrogens with one attached hydrogen (secondary N) is 1. The minimum absolute atomic E-state index is 0.260. The van der Waals surface area contributed by atoms with Crippen LogP contribution in [0, 0.1) is 0 Å². The first kappa shape index (κ1) is 22.4. The van der Waals surface area contributed by atoms with Crippen LogP contribution in [0.3, 0.4) is 0 Å². The van der Waals surface area contributed by atoms with Gasteiger partial charge in [0.2, 0.25) is 0 Å². The van der Waals surface area contributed by atoms with Gasteiger partial charge >= 0.3 is 0 Å². The molecule has 2 amide bonds. The molecule has 0 saturated carbocycles. The van der Waals surface area contributed by atoms with Crippen molar-refractivity contribution in [3.8, 4) is 11.5 Å². The van der Waals surface area contributed by atoms with Gasteiger partial charge in [0.05, 0.1) is 19.3 Å². The lowest BCUT2D eigenvalue weighted by atomic mass is 10.0. The number of hydrogen-bond donors (Lipinski definition) is 1. The summed E-state index contributed by atoms with van der Waals surface area (Å²) < 4.78 is 16.0. The SMILES string of the molecule is CCOCCCN1C(=O)C(Nc2ccc(OCC)cc2)=C(c2ccc(OC)cc2)C1=O. The highest BCUT2D eigenvalue weighted by atomic mass is 16.5. The van der Waals surface area contributed by atoms with Crippen LogP contribution < -0.4 is 14.8 Å². The number of carbonyl (C=O) groups excluding carboxylic acids is 2. The van der Waals surface area contributed by atoms with Crippen molar-refractivity contribution in [1.29, 1.82) is 0 Å². The number of rotatable bonds is 11. The van der Waals surface area contributed by atoms with Crippen molar-refractivity contribution in [2.24, 2.45) is 0 Å². The molecule has 0 bridgehead atoms. The molecule has 164 valence electrons. The first-order valence-electron chi connectivity index (χ1n) is 10.4. The third-order valence-electron chi connectivity index (χ3n) is 4.86. The van der Waals surface area contributed by atoms with Crippen LogP contribution in [-0.4, -0.2) is 50.2 Å². The zero-order valence-electron chi connectivity index (χ0n) is 18.1. The summed E-state index contributed by atoms with van der Waals surface area (Å²) in [4.78, 5) is 27.6. The number of carbonyl (C=O) groups is 2. The van der Waals surface area contributed by atoms with Crippen LogP contribution in [-0.2, 0) is 14.3 Å². The molecule has 0 saturated heterocycles. The van der Waals surface area contributed by atoms with E-state index >= 15 is 0 Å². The van der Waals surface area contributed by atoms with E-state index in [1.807, 2.05) is 38.1 Å². The van der Waals surface area contributed by atoms with Crippen molar-refractivity contribution in [1.82, 2.24) is 4.90 Å². The van der Waals surface area contributed by atoms with Crippen molar-refractivity contribution in [3.05, 3.63) is 59.8 Å². The molecule has 0 unspecified atom stereocenters. The van der Waals surface area contributed by atoms with E-state index in [4.69, 9.17) is 14.2 Å². The second-order valence-corrected chi connectivity index (χ2v) is 6.87. The van der Waals surface area contributed by atoms with Gasteiger partial charge in [-0.1, -0.05) is 12.1 Å². The molecule has 2 aromatic carbocycles. The standard InChI is InChI=1S/C24H28N2O5/c1-4-30-16-6-15-26-23(27)21(17-7-11-19(29-3)12-8-17)22(24(26)28)25-18-9-13-20(14-10-18)31-5-2/h7-14,25H,4-6,15-16H2,1-3H3. The average molecular weight is 424 g/mol. The van der Waals surface area contributed by atoms with Crippen LogP contribution in [0.1, 0.15) is 25.8 Å². The second-order valence-electron chi connectivity index (χ2n) is 6.87. The maximum atomic E-state index is 13.2. The highest BCUT2D eigenvalue weighted by Crippen LogP contribution is 2.32. The van der Waals surface area contributed by atoms with Crippen LogP contribution in [0.25, 0.3) is 5.57 Å². The lowest BCUT2D eigenvalue weighted by molar-refractivity contribution is -0.137. The van der Waals surface area contributed by atoms with E-state index in [2.05, 4.69) is 5.32 Å². The number of nitrogens with zero attached hydrogens (tertiary/aromatic N) is 1. The largest absolute Gasteiger partial charge is 0.497 e. The quantitative estimate of drug-likeness (QED) is 0.438. The van der Waals surface area contributed by atoms with E-state index in [1.165, 1.54) is 4.90 Å². The van der Waals surface area contributed by atoms with Gasteiger partial charge in [-0.05, 0) is 62.2 Å². The van der Waals surface area contributed by atoms with Gasteiger partial charge in [0.25, 0.3) is 11.8 Å². The topological polar surface area (TPSA) is 77.1 Å². The number of benzene rings is 2. The van der Waals surface area contributed by atoms with Crippen LogP contribution in [0.15, 0.2) is 54.2 Å². The molecule has 0 aromatic heterocycles. The molecule has 7 nitrogen and oxygen atoms in total. The molecule has 7 heteroatoms. The Bertz CT molecular complexity index is 935. The van der Waals surface area contributed by atoms with Gasteiger partial charge in [-0.3, -0.25) is 14.5 Å². The fourth-order valence-electron chi connectivity index (χ4n) is 3.34. The number of imide groups is 1. The number of amides is 2. The summed E-state index contributed by atoms with van der Waals surface area (Å²) in [5, 5.41) is 3.15. The predicted molar refractivity (Wildman–Crippen MR) is 119 cm³/mol. The van der Waals surface area contributed by atoms with E-state index in [0.29, 0.717) is 55.4 Å². The van der Waals surface area contributed by atoms with Crippen molar-refractivity contribution < 1.29 is 23.8 Å². The van der Waals surface area contributed by atoms with Gasteiger partial charge in [0.15, 0.2) is 0 Å². The summed E-state index contributed by atoms with van der Waals surface area (Å²) >= 11 is 0. The zero-order valence-corrected chi connectivity index (χ0v) is 18.1. The molecule has 0 atom stereocenters. The van der Waals surface area contributed by atoms with Gasteiger partial charge < -0.3 is 19.5 Å². The Morgan fingerprint density at radius 3 is 2.16 bits per heavy atom. The van der Waals surface area contributed by atoms with Crippen molar-refractivity contribution in [2.45, 2.75) is 20.3 Å². The number of anilines is 1. The highest BCUT2D eigenvalue weighted by molar-refractivity contribution is 6.36. The lowest BCUT2D eigenvalue weighted by Crippen LogP contribution is -2.34.